The Balaban J connectivity index is 2.45. The molecule has 0 unspecified atom stereocenters. The molecule has 0 saturated heterocycles. The molecular weight excluding hydrogens is 399 g/mol. The zero-order valence-corrected chi connectivity index (χ0v) is 12.6. The topological polar surface area (TPSA) is 65.7 Å². The van der Waals surface area contributed by atoms with Gasteiger partial charge in [0, 0.05) is 11.4 Å². The molecule has 2 aromatic rings. The van der Waals surface area contributed by atoms with Crippen LogP contribution in [0.3, 0.4) is 0 Å². The summed E-state index contributed by atoms with van der Waals surface area (Å²) in [7, 11) is 0. The molecule has 0 aliphatic rings. The average Bonchev–Trinajstić information content (AvgIpc) is 3.12. The summed E-state index contributed by atoms with van der Waals surface area (Å²) in [6, 6.07) is 2.02. The molecule has 2 N–H and O–H groups in total. The minimum Gasteiger partial charge on any atom is -0.355 e. The van der Waals surface area contributed by atoms with Crippen LogP contribution < -0.4 is 0 Å². The summed E-state index contributed by atoms with van der Waals surface area (Å²) in [4.78, 5) is 25.5. The van der Waals surface area contributed by atoms with E-state index in [9.17, 15) is 49.1 Å². The number of hydrogen-bond acceptors (Lipinski definition) is 2. The van der Waals surface area contributed by atoms with Gasteiger partial charge in [0.2, 0.25) is 0 Å². The van der Waals surface area contributed by atoms with Crippen LogP contribution in [-0.2, 0) is 0 Å². The van der Waals surface area contributed by atoms with E-state index in [1.165, 1.54) is 0 Å². The number of halogens is 9. The SMILES string of the molecule is O=C(c1ccc(C(c2ccc(C(=O)C(F)(F)F)[nH]2)C(F)(F)F)[nH]1)C(F)(F)F. The lowest BCUT2D eigenvalue weighted by Crippen LogP contribution is -2.25. The Hall–Kier alpha value is -2.73. The van der Waals surface area contributed by atoms with Crippen molar-refractivity contribution < 1.29 is 49.1 Å². The monoisotopic (exact) mass is 406 g/mol. The molecule has 0 aromatic carbocycles. The highest BCUT2D eigenvalue weighted by Gasteiger charge is 2.46. The summed E-state index contributed by atoms with van der Waals surface area (Å²) < 4.78 is 114. The van der Waals surface area contributed by atoms with Crippen LogP contribution in [0.25, 0.3) is 0 Å². The number of rotatable bonds is 4. The van der Waals surface area contributed by atoms with Gasteiger partial charge >= 0.3 is 18.5 Å². The summed E-state index contributed by atoms with van der Waals surface area (Å²) in [5, 5.41) is 0. The zero-order valence-electron chi connectivity index (χ0n) is 12.6. The van der Waals surface area contributed by atoms with Gasteiger partial charge in [-0.1, -0.05) is 0 Å². The van der Waals surface area contributed by atoms with E-state index in [1.54, 1.807) is 9.97 Å². The second-order valence-electron chi connectivity index (χ2n) is 5.28. The van der Waals surface area contributed by atoms with Crippen molar-refractivity contribution in [1.29, 1.82) is 0 Å². The number of hydrogen-bond donors (Lipinski definition) is 2. The van der Waals surface area contributed by atoms with Gasteiger partial charge in [-0.05, 0) is 24.3 Å². The van der Waals surface area contributed by atoms with E-state index in [-0.39, 0.29) is 0 Å². The molecule has 0 spiro atoms. The highest BCUT2D eigenvalue weighted by Crippen LogP contribution is 2.40. The Kier molecular flexibility index (Phi) is 4.92. The molecule has 0 atom stereocenters. The molecule has 2 heterocycles. The van der Waals surface area contributed by atoms with Gasteiger partial charge < -0.3 is 9.97 Å². The Morgan fingerprint density at radius 2 is 1.00 bits per heavy atom. The molecule has 0 bridgehead atoms. The standard InChI is InChI=1S/C14H7F9N2O2/c15-12(16,17)9(5-1-3-7(24-5)10(26)13(18,19)20)6-2-4-8(25-6)11(27)14(21,22)23/h1-4,9,24-25H. The largest absolute Gasteiger partial charge is 0.456 e. The van der Waals surface area contributed by atoms with Crippen molar-refractivity contribution in [2.24, 2.45) is 0 Å². The lowest BCUT2D eigenvalue weighted by molar-refractivity contribution is -0.142. The third kappa shape index (κ3) is 4.34. The van der Waals surface area contributed by atoms with Crippen molar-refractivity contribution in [3.05, 3.63) is 47.0 Å². The van der Waals surface area contributed by atoms with Crippen LogP contribution in [0.15, 0.2) is 24.3 Å². The van der Waals surface area contributed by atoms with E-state index < -0.39 is 58.8 Å². The lowest BCUT2D eigenvalue weighted by atomic mass is 10.0. The third-order valence-electron chi connectivity index (χ3n) is 3.37. The zero-order chi connectivity index (χ0) is 20.8. The van der Waals surface area contributed by atoms with Crippen LogP contribution in [0, 0.1) is 0 Å². The van der Waals surface area contributed by atoms with Gasteiger partial charge in [0.05, 0.1) is 11.4 Å². The number of aromatic amines is 2. The highest BCUT2D eigenvalue weighted by atomic mass is 19.4. The molecule has 4 nitrogen and oxygen atoms in total. The van der Waals surface area contributed by atoms with Crippen LogP contribution in [0.2, 0.25) is 0 Å². The molecule has 0 aliphatic heterocycles. The van der Waals surface area contributed by atoms with Gasteiger partial charge in [0.25, 0.3) is 11.6 Å². The first-order valence-corrected chi connectivity index (χ1v) is 6.80. The average molecular weight is 406 g/mol. The lowest BCUT2D eigenvalue weighted by Gasteiger charge is -2.18. The molecular formula is C14H7F9N2O2. The van der Waals surface area contributed by atoms with Gasteiger partial charge in [-0.3, -0.25) is 9.59 Å². The van der Waals surface area contributed by atoms with Gasteiger partial charge in [-0.15, -0.1) is 0 Å². The first kappa shape index (κ1) is 20.6. The summed E-state index contributed by atoms with van der Waals surface area (Å²) in [5.74, 6) is -7.56. The predicted octanol–water partition coefficient (Wildman–Crippen LogP) is 4.53. The quantitative estimate of drug-likeness (QED) is 0.579. The summed E-state index contributed by atoms with van der Waals surface area (Å²) >= 11 is 0. The van der Waals surface area contributed by atoms with Crippen molar-refractivity contribution in [3.63, 3.8) is 0 Å². The second-order valence-corrected chi connectivity index (χ2v) is 5.28. The van der Waals surface area contributed by atoms with Gasteiger partial charge in [0.15, 0.2) is 0 Å². The number of Topliss-reactive ketones (excluding diaryl/α,β-unsaturated/α-hetero) is 2. The van der Waals surface area contributed by atoms with E-state index >= 15 is 0 Å². The molecule has 13 heteroatoms. The van der Waals surface area contributed by atoms with E-state index in [1.807, 2.05) is 0 Å². The summed E-state index contributed by atoms with van der Waals surface area (Å²) in [6.07, 6.45) is -15.8. The number of carbonyl (C=O) groups is 2. The van der Waals surface area contributed by atoms with E-state index in [4.69, 9.17) is 0 Å². The normalized spacial score (nSPS) is 13.3. The number of nitrogens with one attached hydrogen (secondary N) is 2. The molecule has 2 aromatic heterocycles. The molecule has 27 heavy (non-hydrogen) atoms. The summed E-state index contributed by atoms with van der Waals surface area (Å²) in [6.45, 7) is 0. The minimum atomic E-state index is -5.34. The maximum Gasteiger partial charge on any atom is 0.456 e. The minimum absolute atomic E-state index is 0.467. The van der Waals surface area contributed by atoms with Crippen LogP contribution in [-0.4, -0.2) is 40.1 Å². The van der Waals surface area contributed by atoms with E-state index in [0.717, 1.165) is 0 Å². The molecule has 0 radical (unpaired) electrons. The maximum absolute atomic E-state index is 13.3. The smallest absolute Gasteiger partial charge is 0.355 e. The van der Waals surface area contributed by atoms with E-state index in [2.05, 4.69) is 0 Å². The van der Waals surface area contributed by atoms with Gasteiger partial charge in [-0.2, -0.15) is 39.5 Å². The number of alkyl halides is 9. The number of carbonyl (C=O) groups excluding carboxylic acids is 2. The molecule has 0 aliphatic carbocycles. The van der Waals surface area contributed by atoms with Crippen molar-refractivity contribution in [3.8, 4) is 0 Å². The second kappa shape index (κ2) is 6.46. The fourth-order valence-corrected chi connectivity index (χ4v) is 2.25. The summed E-state index contributed by atoms with van der Waals surface area (Å²) in [5.41, 5.74) is -4.21. The van der Waals surface area contributed by atoms with Crippen LogP contribution >= 0.6 is 0 Å². The van der Waals surface area contributed by atoms with E-state index in [0.29, 0.717) is 24.3 Å². The van der Waals surface area contributed by atoms with Gasteiger partial charge in [0.1, 0.15) is 5.92 Å². The maximum atomic E-state index is 13.3. The molecule has 0 fully saturated rings. The Labute approximate surface area is 143 Å². The fraction of sp³-hybridized carbons (Fsp3) is 0.286. The number of H-pyrrole nitrogens is 2. The molecule has 0 saturated carbocycles. The van der Waals surface area contributed by atoms with Crippen molar-refractivity contribution in [2.75, 3.05) is 0 Å². The van der Waals surface area contributed by atoms with Crippen LogP contribution in [0.4, 0.5) is 39.5 Å². The third-order valence-corrected chi connectivity index (χ3v) is 3.37. The highest BCUT2D eigenvalue weighted by molar-refractivity contribution is 5.99. The molecule has 0 amide bonds. The Morgan fingerprint density at radius 1 is 0.667 bits per heavy atom. The number of aromatic nitrogens is 2. The number of ketones is 2. The van der Waals surface area contributed by atoms with Crippen molar-refractivity contribution in [2.45, 2.75) is 24.4 Å². The van der Waals surface area contributed by atoms with Gasteiger partial charge in [-0.25, -0.2) is 0 Å². The molecule has 2 rings (SSSR count). The first-order valence-electron chi connectivity index (χ1n) is 6.80. The Morgan fingerprint density at radius 3 is 1.26 bits per heavy atom. The van der Waals surface area contributed by atoms with Crippen molar-refractivity contribution >= 4 is 11.6 Å². The fourth-order valence-electron chi connectivity index (χ4n) is 2.25. The first-order chi connectivity index (χ1) is 12.1. The van der Waals surface area contributed by atoms with Crippen LogP contribution in [0.5, 0.6) is 0 Å². The van der Waals surface area contributed by atoms with Crippen LogP contribution in [0.1, 0.15) is 38.3 Å². The van der Waals surface area contributed by atoms with Crippen molar-refractivity contribution in [1.82, 2.24) is 9.97 Å². The predicted molar refractivity (Wildman–Crippen MR) is 70.3 cm³/mol. The Bertz CT molecular complexity index is 791. The molecule has 148 valence electrons.